The van der Waals surface area contributed by atoms with Crippen molar-refractivity contribution in [1.29, 1.82) is 0 Å². The molecule has 0 spiro atoms. The smallest absolute Gasteiger partial charge is 0.293 e. The lowest BCUT2D eigenvalue weighted by molar-refractivity contribution is -0.113. The van der Waals surface area contributed by atoms with E-state index in [-0.39, 0.29) is 12.3 Å². The number of aromatic nitrogens is 1. The zero-order valence-electron chi connectivity index (χ0n) is 7.69. The summed E-state index contributed by atoms with van der Waals surface area (Å²) in [4.78, 5) is 29.6. The van der Waals surface area contributed by atoms with Crippen molar-refractivity contribution in [2.75, 3.05) is 6.61 Å². The molecule has 5 heteroatoms. The molecule has 0 unspecified atom stereocenters. The summed E-state index contributed by atoms with van der Waals surface area (Å²) in [5.74, 6) is -0.462. The van der Waals surface area contributed by atoms with Crippen LogP contribution in [0.1, 0.15) is 16.2 Å². The molecule has 0 aromatic carbocycles. The van der Waals surface area contributed by atoms with E-state index in [4.69, 9.17) is 0 Å². The molecule has 74 valence electrons. The molecule has 1 heterocycles. The molecular formula is C9H10N2O3. The number of hydroxylamine groups is 1. The van der Waals surface area contributed by atoms with E-state index in [1.807, 2.05) is 0 Å². The predicted octanol–water partition coefficient (Wildman–Crippen LogP) is 0.250. The van der Waals surface area contributed by atoms with E-state index in [9.17, 15) is 9.59 Å². The summed E-state index contributed by atoms with van der Waals surface area (Å²) in [6.07, 6.45) is 0.546. The Balaban J connectivity index is 2.56. The highest BCUT2D eigenvalue weighted by molar-refractivity contribution is 5.91. The Labute approximate surface area is 81.1 Å². The summed E-state index contributed by atoms with van der Waals surface area (Å²) in [5, 5.41) is 0. The van der Waals surface area contributed by atoms with Gasteiger partial charge in [0, 0.05) is 5.69 Å². The molecule has 0 fully saturated rings. The first-order valence-electron chi connectivity index (χ1n) is 4.03. The second-order valence-corrected chi connectivity index (χ2v) is 2.57. The molecule has 5 nitrogen and oxygen atoms in total. The maximum Gasteiger partial charge on any atom is 0.293 e. The molecule has 0 aliphatic heterocycles. The summed E-state index contributed by atoms with van der Waals surface area (Å²) in [6.45, 7) is 1.61. The van der Waals surface area contributed by atoms with Gasteiger partial charge in [-0.15, -0.1) is 0 Å². The SMILES string of the molecule is Cc1cccc(C(=O)NOCC=O)n1. The number of hydrogen-bond acceptors (Lipinski definition) is 4. The Hall–Kier alpha value is -1.75. The fourth-order valence-electron chi connectivity index (χ4n) is 0.863. The van der Waals surface area contributed by atoms with Crippen LogP contribution in [0.4, 0.5) is 0 Å². The van der Waals surface area contributed by atoms with Crippen LogP contribution in [0.3, 0.4) is 0 Å². The number of pyridine rings is 1. The van der Waals surface area contributed by atoms with Gasteiger partial charge in [0.05, 0.1) is 0 Å². The third kappa shape index (κ3) is 2.95. The average Bonchev–Trinajstić information content (AvgIpc) is 2.18. The summed E-state index contributed by atoms with van der Waals surface area (Å²) in [6, 6.07) is 5.06. The molecule has 1 rings (SSSR count). The molecule has 1 aromatic rings. The highest BCUT2D eigenvalue weighted by atomic mass is 16.7. The van der Waals surface area contributed by atoms with Gasteiger partial charge in [0.25, 0.3) is 5.91 Å². The largest absolute Gasteiger partial charge is 0.301 e. The molecule has 0 aliphatic carbocycles. The van der Waals surface area contributed by atoms with Crippen LogP contribution in [0.5, 0.6) is 0 Å². The first kappa shape index (κ1) is 10.3. The van der Waals surface area contributed by atoms with Gasteiger partial charge in [0.1, 0.15) is 18.6 Å². The third-order valence-electron chi connectivity index (χ3n) is 1.44. The van der Waals surface area contributed by atoms with Gasteiger partial charge in [0.15, 0.2) is 0 Å². The summed E-state index contributed by atoms with van der Waals surface area (Å²) in [7, 11) is 0. The van der Waals surface area contributed by atoms with E-state index >= 15 is 0 Å². The highest BCUT2D eigenvalue weighted by Gasteiger charge is 2.05. The van der Waals surface area contributed by atoms with Crippen molar-refractivity contribution in [2.45, 2.75) is 6.92 Å². The molecule has 0 aliphatic rings. The molecular weight excluding hydrogens is 184 g/mol. The van der Waals surface area contributed by atoms with Crippen LogP contribution in [-0.2, 0) is 9.63 Å². The maximum absolute atomic E-state index is 11.3. The van der Waals surface area contributed by atoms with Gasteiger partial charge in [-0.1, -0.05) is 6.07 Å². The van der Waals surface area contributed by atoms with Crippen LogP contribution >= 0.6 is 0 Å². The van der Waals surface area contributed by atoms with E-state index < -0.39 is 5.91 Å². The Bertz CT molecular complexity index is 339. The third-order valence-corrected chi connectivity index (χ3v) is 1.44. The van der Waals surface area contributed by atoms with Gasteiger partial charge >= 0.3 is 0 Å². The Kier molecular flexibility index (Phi) is 3.75. The molecule has 1 amide bonds. The van der Waals surface area contributed by atoms with Crippen molar-refractivity contribution in [3.63, 3.8) is 0 Å². The Morgan fingerprint density at radius 1 is 1.64 bits per heavy atom. The number of carbonyl (C=O) groups is 2. The van der Waals surface area contributed by atoms with Gasteiger partial charge in [-0.2, -0.15) is 0 Å². The molecule has 0 radical (unpaired) electrons. The maximum atomic E-state index is 11.3. The van der Waals surface area contributed by atoms with E-state index in [0.717, 1.165) is 5.69 Å². The van der Waals surface area contributed by atoms with Gasteiger partial charge in [-0.05, 0) is 19.1 Å². The van der Waals surface area contributed by atoms with Crippen molar-refractivity contribution < 1.29 is 14.4 Å². The van der Waals surface area contributed by atoms with Crippen molar-refractivity contribution in [2.24, 2.45) is 0 Å². The fraction of sp³-hybridized carbons (Fsp3) is 0.222. The lowest BCUT2D eigenvalue weighted by Crippen LogP contribution is -2.25. The molecule has 0 bridgehead atoms. The van der Waals surface area contributed by atoms with E-state index in [1.54, 1.807) is 25.1 Å². The lowest BCUT2D eigenvalue weighted by Gasteiger charge is -2.02. The normalized spacial score (nSPS) is 9.50. The molecule has 0 atom stereocenters. The molecule has 1 N–H and O–H groups in total. The quantitative estimate of drug-likeness (QED) is 0.424. The summed E-state index contributed by atoms with van der Waals surface area (Å²) in [5.41, 5.74) is 3.10. The van der Waals surface area contributed by atoms with Crippen LogP contribution in [0.2, 0.25) is 0 Å². The average molecular weight is 194 g/mol. The van der Waals surface area contributed by atoms with Gasteiger partial charge < -0.3 is 4.79 Å². The fourth-order valence-corrected chi connectivity index (χ4v) is 0.863. The van der Waals surface area contributed by atoms with E-state index in [0.29, 0.717) is 6.29 Å². The van der Waals surface area contributed by atoms with Gasteiger partial charge in [-0.3, -0.25) is 9.63 Å². The predicted molar refractivity (Wildman–Crippen MR) is 48.5 cm³/mol. The zero-order valence-corrected chi connectivity index (χ0v) is 7.69. The van der Waals surface area contributed by atoms with Crippen LogP contribution in [0.15, 0.2) is 18.2 Å². The number of hydrogen-bond donors (Lipinski definition) is 1. The minimum absolute atomic E-state index is 0.169. The highest BCUT2D eigenvalue weighted by Crippen LogP contribution is 1.97. The topological polar surface area (TPSA) is 68.3 Å². The summed E-state index contributed by atoms with van der Waals surface area (Å²) < 4.78 is 0. The first-order valence-corrected chi connectivity index (χ1v) is 4.03. The number of nitrogens with zero attached hydrogens (tertiary/aromatic N) is 1. The number of aldehydes is 1. The molecule has 1 aromatic heterocycles. The second kappa shape index (κ2) is 5.08. The number of amides is 1. The number of rotatable bonds is 4. The zero-order chi connectivity index (χ0) is 10.4. The van der Waals surface area contributed by atoms with Crippen molar-refractivity contribution >= 4 is 12.2 Å². The molecule has 0 saturated carbocycles. The Morgan fingerprint density at radius 3 is 3.07 bits per heavy atom. The number of aryl methyl sites for hydroxylation is 1. The Morgan fingerprint density at radius 2 is 2.43 bits per heavy atom. The van der Waals surface area contributed by atoms with Crippen LogP contribution in [-0.4, -0.2) is 23.8 Å². The van der Waals surface area contributed by atoms with Gasteiger partial charge in [-0.25, -0.2) is 10.5 Å². The van der Waals surface area contributed by atoms with Crippen molar-refractivity contribution in [3.8, 4) is 0 Å². The summed E-state index contributed by atoms with van der Waals surface area (Å²) >= 11 is 0. The minimum Gasteiger partial charge on any atom is -0.301 e. The lowest BCUT2D eigenvalue weighted by atomic mass is 10.3. The second-order valence-electron chi connectivity index (χ2n) is 2.57. The first-order chi connectivity index (χ1) is 6.74. The monoisotopic (exact) mass is 194 g/mol. The minimum atomic E-state index is -0.462. The van der Waals surface area contributed by atoms with E-state index in [2.05, 4.69) is 15.3 Å². The van der Waals surface area contributed by atoms with Gasteiger partial charge in [0.2, 0.25) is 0 Å². The van der Waals surface area contributed by atoms with Crippen LogP contribution in [0.25, 0.3) is 0 Å². The van der Waals surface area contributed by atoms with Crippen LogP contribution < -0.4 is 5.48 Å². The van der Waals surface area contributed by atoms with Crippen molar-refractivity contribution in [1.82, 2.24) is 10.5 Å². The van der Waals surface area contributed by atoms with Crippen molar-refractivity contribution in [3.05, 3.63) is 29.6 Å². The van der Waals surface area contributed by atoms with Crippen LogP contribution in [0, 0.1) is 6.92 Å². The molecule has 14 heavy (non-hydrogen) atoms. The number of carbonyl (C=O) groups excluding carboxylic acids is 2. The van der Waals surface area contributed by atoms with E-state index in [1.165, 1.54) is 0 Å². The molecule has 0 saturated heterocycles. The number of nitrogens with one attached hydrogen (secondary N) is 1. The standard InChI is InChI=1S/C9H10N2O3/c1-7-3-2-4-8(10-7)9(13)11-14-6-5-12/h2-5H,6H2,1H3,(H,11,13).